The third kappa shape index (κ3) is 3.53. The number of carbonyl (C=O) groups excluding carboxylic acids is 4. The molecule has 0 unspecified atom stereocenters. The maximum absolute atomic E-state index is 14.5. The molecule has 12 heteroatoms. The summed E-state index contributed by atoms with van der Waals surface area (Å²) in [7, 11) is 3.00. The van der Waals surface area contributed by atoms with Crippen molar-refractivity contribution in [3.05, 3.63) is 93.3 Å². The summed E-state index contributed by atoms with van der Waals surface area (Å²) in [5, 5.41) is 7.58. The first-order chi connectivity index (χ1) is 21.5. The van der Waals surface area contributed by atoms with E-state index in [2.05, 4.69) is 0 Å². The van der Waals surface area contributed by atoms with Gasteiger partial charge in [-0.2, -0.15) is 0 Å². The SMILES string of the molecule is COc1ccccc1N1C(=O)[C@H]2[C@@H](C1=O)N1[C@@H](c3cccs3)[C@H]3C(=O)N(c4ccccc4OC)C(=O)[C@@H]3N1[C@H]2c1cccs1. The molecule has 222 valence electrons. The summed E-state index contributed by atoms with van der Waals surface area (Å²) in [6.07, 6.45) is 0. The number of thiophene rings is 2. The lowest BCUT2D eigenvalue weighted by molar-refractivity contribution is -0.135. The average molecular weight is 627 g/mol. The van der Waals surface area contributed by atoms with E-state index < -0.39 is 47.8 Å². The monoisotopic (exact) mass is 626 g/mol. The number of para-hydroxylation sites is 4. The van der Waals surface area contributed by atoms with Crippen molar-refractivity contribution in [2.24, 2.45) is 11.8 Å². The molecule has 0 radical (unpaired) electrons. The highest BCUT2D eigenvalue weighted by atomic mass is 32.1. The second-order valence-electron chi connectivity index (χ2n) is 11.0. The van der Waals surface area contributed by atoms with E-state index in [-0.39, 0.29) is 11.8 Å². The zero-order valence-corrected chi connectivity index (χ0v) is 25.2. The third-order valence-corrected chi connectivity index (χ3v) is 10.9. The number of amides is 4. The Balaban J connectivity index is 1.31. The Hall–Kier alpha value is -4.36. The highest BCUT2D eigenvalue weighted by Crippen LogP contribution is 2.61. The largest absolute Gasteiger partial charge is 0.495 e. The van der Waals surface area contributed by atoms with Crippen LogP contribution in [0, 0.1) is 11.8 Å². The fraction of sp³-hybridized carbons (Fsp3) is 0.250. The molecule has 0 N–H and O–H groups in total. The molecule has 0 aliphatic carbocycles. The number of imide groups is 2. The van der Waals surface area contributed by atoms with Gasteiger partial charge in [0.15, 0.2) is 0 Å². The summed E-state index contributed by atoms with van der Waals surface area (Å²) >= 11 is 2.92. The van der Waals surface area contributed by atoms with Gasteiger partial charge in [0, 0.05) is 9.75 Å². The minimum absolute atomic E-state index is 0.364. The molecule has 2 aromatic heterocycles. The number of fused-ring (bicyclic) bond motifs is 5. The lowest BCUT2D eigenvalue weighted by atomic mass is 9.88. The molecule has 4 aromatic rings. The molecule has 2 aromatic carbocycles. The Morgan fingerprint density at radius 3 is 1.30 bits per heavy atom. The number of benzene rings is 2. The van der Waals surface area contributed by atoms with Crippen LogP contribution >= 0.6 is 22.7 Å². The molecular weight excluding hydrogens is 601 g/mol. The van der Waals surface area contributed by atoms with Crippen molar-refractivity contribution in [1.82, 2.24) is 10.0 Å². The molecule has 0 saturated carbocycles. The average Bonchev–Trinajstić information content (AvgIpc) is 3.88. The molecule has 0 spiro atoms. The van der Waals surface area contributed by atoms with E-state index in [1.807, 2.05) is 45.0 Å². The van der Waals surface area contributed by atoms with Gasteiger partial charge in [-0.05, 0) is 47.2 Å². The van der Waals surface area contributed by atoms with E-state index >= 15 is 0 Å². The summed E-state index contributed by atoms with van der Waals surface area (Å²) in [5.74, 6) is -2.34. The second kappa shape index (κ2) is 10.1. The van der Waals surface area contributed by atoms with Crippen LogP contribution in [-0.2, 0) is 19.2 Å². The molecule has 44 heavy (non-hydrogen) atoms. The van der Waals surface area contributed by atoms with Crippen molar-refractivity contribution in [2.75, 3.05) is 24.0 Å². The second-order valence-corrected chi connectivity index (χ2v) is 12.9. The molecule has 0 bridgehead atoms. The number of methoxy groups -OCH3 is 2. The minimum atomic E-state index is -0.919. The fourth-order valence-electron chi connectivity index (χ4n) is 7.42. The zero-order chi connectivity index (χ0) is 30.3. The normalized spacial score (nSPS) is 28.1. The number of hydrogen-bond donors (Lipinski definition) is 0. The predicted molar refractivity (Wildman–Crippen MR) is 163 cm³/mol. The van der Waals surface area contributed by atoms with Crippen LogP contribution < -0.4 is 19.3 Å². The fourth-order valence-corrected chi connectivity index (χ4v) is 9.15. The predicted octanol–water partition coefficient (Wildman–Crippen LogP) is 4.27. The molecule has 6 heterocycles. The number of hydrogen-bond acceptors (Lipinski definition) is 10. The first kappa shape index (κ1) is 27.2. The van der Waals surface area contributed by atoms with Gasteiger partial charge in [0.1, 0.15) is 23.6 Å². The van der Waals surface area contributed by atoms with Crippen molar-refractivity contribution in [3.63, 3.8) is 0 Å². The van der Waals surface area contributed by atoms with Gasteiger partial charge < -0.3 is 9.47 Å². The van der Waals surface area contributed by atoms with E-state index in [9.17, 15) is 19.2 Å². The maximum Gasteiger partial charge on any atom is 0.253 e. The van der Waals surface area contributed by atoms with Crippen LogP contribution in [0.3, 0.4) is 0 Å². The van der Waals surface area contributed by atoms with Crippen LogP contribution in [0.4, 0.5) is 11.4 Å². The van der Waals surface area contributed by atoms with Gasteiger partial charge in [-0.25, -0.2) is 19.8 Å². The van der Waals surface area contributed by atoms with Crippen molar-refractivity contribution in [1.29, 1.82) is 0 Å². The smallest absolute Gasteiger partial charge is 0.253 e. The number of rotatable bonds is 6. The van der Waals surface area contributed by atoms with Gasteiger partial charge >= 0.3 is 0 Å². The summed E-state index contributed by atoms with van der Waals surface area (Å²) in [6, 6.07) is 18.4. The third-order valence-electron chi connectivity index (χ3n) is 9.05. The first-order valence-electron chi connectivity index (χ1n) is 14.1. The lowest BCUT2D eigenvalue weighted by Gasteiger charge is -2.35. The van der Waals surface area contributed by atoms with Crippen molar-refractivity contribution in [2.45, 2.75) is 24.2 Å². The standard InChI is InChI=1S/C32H26N4O6S2/c1-41-19-11-5-3-9-17(19)33-29(37)23-25(21-13-7-15-43-21)36-28-24(26(22-14-8-16-44-22)35(36)27(23)31(33)39)30(38)34(32(28)40)18-10-4-6-12-20(18)42-2/h3-16,23-28H,1-2H3/t23-,24-,25+,26+,27-,28+/m1/s1. The summed E-state index contributed by atoms with van der Waals surface area (Å²) < 4.78 is 11.1. The van der Waals surface area contributed by atoms with Crippen LogP contribution in [0.5, 0.6) is 11.5 Å². The molecule has 4 fully saturated rings. The summed E-state index contributed by atoms with van der Waals surface area (Å²) in [4.78, 5) is 61.9. The molecule has 4 aliphatic rings. The topological polar surface area (TPSA) is 99.7 Å². The Bertz CT molecular complexity index is 1680. The Morgan fingerprint density at radius 2 is 0.932 bits per heavy atom. The Labute approximate surface area is 260 Å². The molecule has 8 rings (SSSR count). The molecule has 4 saturated heterocycles. The van der Waals surface area contributed by atoms with Gasteiger partial charge in [-0.1, -0.05) is 36.4 Å². The van der Waals surface area contributed by atoms with Gasteiger partial charge in [0.2, 0.25) is 11.8 Å². The van der Waals surface area contributed by atoms with Gasteiger partial charge in [-0.15, -0.1) is 22.7 Å². The van der Waals surface area contributed by atoms with Crippen LogP contribution in [-0.4, -0.2) is 59.9 Å². The van der Waals surface area contributed by atoms with Crippen molar-refractivity contribution >= 4 is 57.7 Å². The Kier molecular flexibility index (Phi) is 6.24. The number of ether oxygens (including phenoxy) is 2. The molecule has 4 amide bonds. The summed E-state index contributed by atoms with van der Waals surface area (Å²) in [6.45, 7) is 0. The van der Waals surface area contributed by atoms with E-state index in [0.29, 0.717) is 22.9 Å². The molecule has 4 aliphatic heterocycles. The number of anilines is 2. The van der Waals surface area contributed by atoms with Crippen LogP contribution in [0.15, 0.2) is 83.6 Å². The highest BCUT2D eigenvalue weighted by molar-refractivity contribution is 7.10. The van der Waals surface area contributed by atoms with Crippen molar-refractivity contribution in [3.8, 4) is 11.5 Å². The highest BCUT2D eigenvalue weighted by Gasteiger charge is 2.74. The van der Waals surface area contributed by atoms with Crippen LogP contribution in [0.25, 0.3) is 0 Å². The van der Waals surface area contributed by atoms with Crippen LogP contribution in [0.2, 0.25) is 0 Å². The number of nitrogens with zero attached hydrogens (tertiary/aromatic N) is 4. The number of hydrazine groups is 1. The van der Waals surface area contributed by atoms with Crippen LogP contribution in [0.1, 0.15) is 21.8 Å². The van der Waals surface area contributed by atoms with Gasteiger partial charge in [0.05, 0.1) is 49.5 Å². The maximum atomic E-state index is 14.5. The van der Waals surface area contributed by atoms with E-state index in [0.717, 1.165) is 9.75 Å². The molecular formula is C32H26N4O6S2. The zero-order valence-electron chi connectivity index (χ0n) is 23.6. The lowest BCUT2D eigenvalue weighted by Crippen LogP contribution is -2.50. The minimum Gasteiger partial charge on any atom is -0.495 e. The Morgan fingerprint density at radius 1 is 0.523 bits per heavy atom. The quantitative estimate of drug-likeness (QED) is 0.293. The van der Waals surface area contributed by atoms with Gasteiger partial charge in [-0.3, -0.25) is 19.2 Å². The first-order valence-corrected chi connectivity index (χ1v) is 15.9. The molecule has 6 atom stereocenters. The summed E-state index contributed by atoms with van der Waals surface area (Å²) in [5.41, 5.74) is 0.745. The van der Waals surface area contributed by atoms with Gasteiger partial charge in [0.25, 0.3) is 11.8 Å². The number of carbonyl (C=O) groups is 4. The van der Waals surface area contributed by atoms with E-state index in [1.54, 1.807) is 48.5 Å². The molecule has 10 nitrogen and oxygen atoms in total. The van der Waals surface area contributed by atoms with Crippen molar-refractivity contribution < 1.29 is 28.7 Å². The van der Waals surface area contributed by atoms with E-state index in [1.165, 1.54) is 46.7 Å². The van der Waals surface area contributed by atoms with E-state index in [4.69, 9.17) is 9.47 Å².